The minimum Gasteiger partial charge on any atom is -0.444 e. The molecule has 1 saturated heterocycles. The summed E-state index contributed by atoms with van der Waals surface area (Å²) in [6.07, 6.45) is 0.322. The molecule has 2 aromatic carbocycles. The molecule has 1 amide bonds. The molecule has 4 rings (SSSR count). The zero-order valence-corrected chi connectivity index (χ0v) is 18.2. The standard InChI is InChI=1S/C23H23Cl2NO3/c1-23(2,3)29-22(28)26-9-8-17-19(12-26)18-10-13(4-6-16(18)21(17)27)15-7-5-14(24)11-20(15)25/h4-7,10-11,17,19H,8-9,12H2,1-3H3/t17-,19+/m0/s1. The Morgan fingerprint density at radius 3 is 2.48 bits per heavy atom. The van der Waals surface area contributed by atoms with Crippen molar-refractivity contribution >= 4 is 35.1 Å². The van der Waals surface area contributed by atoms with Crippen LogP contribution in [0.25, 0.3) is 11.1 Å². The molecule has 0 saturated carbocycles. The van der Waals surface area contributed by atoms with Crippen LogP contribution in [-0.2, 0) is 4.74 Å². The number of amides is 1. The Labute approximate surface area is 180 Å². The molecule has 152 valence electrons. The van der Waals surface area contributed by atoms with Gasteiger partial charge in [-0.2, -0.15) is 0 Å². The molecule has 1 fully saturated rings. The first kappa shape index (κ1) is 20.2. The number of benzene rings is 2. The van der Waals surface area contributed by atoms with Gasteiger partial charge in [0, 0.05) is 46.1 Å². The third kappa shape index (κ3) is 3.88. The zero-order valence-electron chi connectivity index (χ0n) is 16.7. The average molecular weight is 432 g/mol. The van der Waals surface area contributed by atoms with E-state index in [4.69, 9.17) is 27.9 Å². The lowest BCUT2D eigenvalue weighted by Gasteiger charge is -2.35. The number of hydrogen-bond donors (Lipinski definition) is 0. The number of Topliss-reactive ketones (excluding diaryl/α,β-unsaturated/α-hetero) is 1. The minimum atomic E-state index is -0.546. The number of piperidine rings is 1. The van der Waals surface area contributed by atoms with Crippen molar-refractivity contribution in [1.29, 1.82) is 0 Å². The van der Waals surface area contributed by atoms with Crippen LogP contribution in [-0.4, -0.2) is 35.5 Å². The lowest BCUT2D eigenvalue weighted by Crippen LogP contribution is -2.44. The van der Waals surface area contributed by atoms with E-state index in [1.54, 1.807) is 17.0 Å². The maximum Gasteiger partial charge on any atom is 0.410 e. The molecule has 0 spiro atoms. The van der Waals surface area contributed by atoms with Crippen LogP contribution in [0, 0.1) is 5.92 Å². The van der Waals surface area contributed by atoms with E-state index in [0.717, 1.165) is 22.3 Å². The Morgan fingerprint density at radius 1 is 1.07 bits per heavy atom. The van der Waals surface area contributed by atoms with Gasteiger partial charge in [0.15, 0.2) is 5.78 Å². The highest BCUT2D eigenvalue weighted by atomic mass is 35.5. The minimum absolute atomic E-state index is 0.0233. The number of halogens is 2. The first-order valence-electron chi connectivity index (χ1n) is 9.75. The van der Waals surface area contributed by atoms with Gasteiger partial charge >= 0.3 is 6.09 Å². The van der Waals surface area contributed by atoms with Gasteiger partial charge in [-0.25, -0.2) is 4.79 Å². The number of ether oxygens (including phenoxy) is 1. The summed E-state index contributed by atoms with van der Waals surface area (Å²) in [4.78, 5) is 27.2. The van der Waals surface area contributed by atoms with Gasteiger partial charge in [-0.3, -0.25) is 4.79 Å². The summed E-state index contributed by atoms with van der Waals surface area (Å²) in [5.41, 5.74) is 3.00. The molecule has 2 aliphatic rings. The molecule has 0 radical (unpaired) electrons. The van der Waals surface area contributed by atoms with Crippen molar-refractivity contribution in [2.45, 2.75) is 38.7 Å². The van der Waals surface area contributed by atoms with Crippen molar-refractivity contribution in [3.05, 3.63) is 57.6 Å². The fourth-order valence-electron chi connectivity index (χ4n) is 4.26. The SMILES string of the molecule is CC(C)(C)OC(=O)N1CC[C@@H]2C(=O)c3ccc(-c4ccc(Cl)cc4Cl)cc3[C@@H]2C1. The van der Waals surface area contributed by atoms with Crippen LogP contribution in [0.2, 0.25) is 10.0 Å². The molecule has 2 atom stereocenters. The van der Waals surface area contributed by atoms with Gasteiger partial charge in [0.2, 0.25) is 0 Å². The number of nitrogens with zero attached hydrogens (tertiary/aromatic N) is 1. The summed E-state index contributed by atoms with van der Waals surface area (Å²) < 4.78 is 5.53. The van der Waals surface area contributed by atoms with Crippen molar-refractivity contribution in [3.8, 4) is 11.1 Å². The van der Waals surface area contributed by atoms with Crippen LogP contribution in [0.3, 0.4) is 0 Å². The molecule has 4 nitrogen and oxygen atoms in total. The molecule has 29 heavy (non-hydrogen) atoms. The van der Waals surface area contributed by atoms with Gasteiger partial charge < -0.3 is 9.64 Å². The van der Waals surface area contributed by atoms with Gasteiger partial charge in [0.25, 0.3) is 0 Å². The van der Waals surface area contributed by atoms with Gasteiger partial charge in [0.05, 0.1) is 0 Å². The van der Waals surface area contributed by atoms with Crippen LogP contribution >= 0.6 is 23.2 Å². The normalized spacial score (nSPS) is 21.0. The quantitative estimate of drug-likeness (QED) is 0.539. The number of likely N-dealkylation sites (tertiary alicyclic amines) is 1. The molecule has 0 N–H and O–H groups in total. The number of ketones is 1. The highest BCUT2D eigenvalue weighted by molar-refractivity contribution is 6.36. The van der Waals surface area contributed by atoms with Crippen LogP contribution in [0.1, 0.15) is 49.0 Å². The van der Waals surface area contributed by atoms with Crippen molar-refractivity contribution in [1.82, 2.24) is 4.90 Å². The summed E-state index contributed by atoms with van der Waals surface area (Å²) in [6, 6.07) is 11.2. The van der Waals surface area contributed by atoms with Crippen LogP contribution in [0.5, 0.6) is 0 Å². The zero-order chi connectivity index (χ0) is 20.9. The second kappa shape index (κ2) is 7.33. The molecule has 1 aliphatic heterocycles. The lowest BCUT2D eigenvalue weighted by molar-refractivity contribution is 0.0164. The maximum absolute atomic E-state index is 12.9. The van der Waals surface area contributed by atoms with E-state index in [1.807, 2.05) is 45.0 Å². The molecule has 1 heterocycles. The lowest BCUT2D eigenvalue weighted by atomic mass is 9.85. The predicted molar refractivity (Wildman–Crippen MR) is 115 cm³/mol. The largest absolute Gasteiger partial charge is 0.444 e. The molecule has 0 unspecified atom stereocenters. The van der Waals surface area contributed by atoms with E-state index < -0.39 is 5.60 Å². The molecule has 0 aromatic heterocycles. The Hall–Kier alpha value is -2.04. The summed E-state index contributed by atoms with van der Waals surface area (Å²) in [5, 5.41) is 1.15. The van der Waals surface area contributed by atoms with Gasteiger partial charge in [-0.1, -0.05) is 47.5 Å². The molecular formula is C23H23Cl2NO3. The first-order valence-corrected chi connectivity index (χ1v) is 10.5. The van der Waals surface area contributed by atoms with Crippen molar-refractivity contribution in [2.75, 3.05) is 13.1 Å². The topological polar surface area (TPSA) is 46.6 Å². The Kier molecular flexibility index (Phi) is 5.12. The molecular weight excluding hydrogens is 409 g/mol. The fourth-order valence-corrected chi connectivity index (χ4v) is 4.78. The van der Waals surface area contributed by atoms with E-state index in [-0.39, 0.29) is 23.7 Å². The Balaban J connectivity index is 1.65. The fraction of sp³-hybridized carbons (Fsp3) is 0.391. The first-order chi connectivity index (χ1) is 13.6. The van der Waals surface area contributed by atoms with E-state index in [1.165, 1.54) is 0 Å². The Morgan fingerprint density at radius 2 is 1.79 bits per heavy atom. The van der Waals surface area contributed by atoms with Gasteiger partial charge in [0.1, 0.15) is 5.60 Å². The number of carbonyl (C=O) groups excluding carboxylic acids is 2. The molecule has 1 aliphatic carbocycles. The molecule has 6 heteroatoms. The summed E-state index contributed by atoms with van der Waals surface area (Å²) in [5.74, 6) is 0.0620. The van der Waals surface area contributed by atoms with Crippen LogP contribution in [0.15, 0.2) is 36.4 Å². The summed E-state index contributed by atoms with van der Waals surface area (Å²) >= 11 is 12.4. The average Bonchev–Trinajstić information content (AvgIpc) is 2.92. The Bertz CT molecular complexity index is 996. The summed E-state index contributed by atoms with van der Waals surface area (Å²) in [6.45, 7) is 6.58. The van der Waals surface area contributed by atoms with Crippen molar-refractivity contribution in [3.63, 3.8) is 0 Å². The third-order valence-corrected chi connectivity index (χ3v) is 6.11. The van der Waals surface area contributed by atoms with E-state index in [0.29, 0.717) is 29.6 Å². The predicted octanol–water partition coefficient (Wildman–Crippen LogP) is 6.20. The second-order valence-electron chi connectivity index (χ2n) is 8.72. The third-order valence-electron chi connectivity index (χ3n) is 5.56. The van der Waals surface area contributed by atoms with Crippen molar-refractivity contribution < 1.29 is 14.3 Å². The van der Waals surface area contributed by atoms with Crippen LogP contribution < -0.4 is 0 Å². The molecule has 2 aromatic rings. The maximum atomic E-state index is 12.9. The smallest absolute Gasteiger partial charge is 0.410 e. The molecule has 0 bridgehead atoms. The summed E-state index contributed by atoms with van der Waals surface area (Å²) in [7, 11) is 0. The monoisotopic (exact) mass is 431 g/mol. The highest BCUT2D eigenvalue weighted by Gasteiger charge is 2.44. The van der Waals surface area contributed by atoms with Crippen LogP contribution in [0.4, 0.5) is 4.79 Å². The van der Waals surface area contributed by atoms with Gasteiger partial charge in [-0.15, -0.1) is 0 Å². The second-order valence-corrected chi connectivity index (χ2v) is 9.56. The number of rotatable bonds is 1. The van der Waals surface area contributed by atoms with Crippen molar-refractivity contribution in [2.24, 2.45) is 5.92 Å². The van der Waals surface area contributed by atoms with E-state index in [9.17, 15) is 9.59 Å². The number of carbonyl (C=O) groups is 2. The highest BCUT2D eigenvalue weighted by Crippen LogP contribution is 2.45. The van der Waals surface area contributed by atoms with Gasteiger partial charge in [-0.05, 0) is 50.5 Å². The van der Waals surface area contributed by atoms with E-state index >= 15 is 0 Å². The number of hydrogen-bond acceptors (Lipinski definition) is 3. The number of fused-ring (bicyclic) bond motifs is 3. The van der Waals surface area contributed by atoms with E-state index in [2.05, 4.69) is 0 Å².